The standard InChI is InChI=1S/C12H17F2N3O4/c1-2-15-10(19)16-5-3-12(4-6-16)9(18)17(7-8(13)14)11(20)21-12/h8H,2-7H2,1H3,(H,15,19). The van der Waals surface area contributed by atoms with Gasteiger partial charge in [0.25, 0.3) is 12.3 Å². The highest BCUT2D eigenvalue weighted by atomic mass is 19.3. The van der Waals surface area contributed by atoms with Crippen molar-refractivity contribution in [2.24, 2.45) is 0 Å². The van der Waals surface area contributed by atoms with Crippen LogP contribution in [0.1, 0.15) is 19.8 Å². The van der Waals surface area contributed by atoms with E-state index < -0.39 is 30.6 Å². The van der Waals surface area contributed by atoms with Gasteiger partial charge in [-0.05, 0) is 6.92 Å². The molecule has 2 heterocycles. The first-order valence-corrected chi connectivity index (χ1v) is 6.75. The fourth-order valence-electron chi connectivity index (χ4n) is 2.54. The SMILES string of the molecule is CCNC(=O)N1CCC2(CC1)OC(=O)N(CC(F)F)C2=O. The Morgan fingerprint density at radius 1 is 1.38 bits per heavy atom. The first kappa shape index (κ1) is 15.5. The normalized spacial score (nSPS) is 21.1. The molecule has 0 aliphatic carbocycles. The van der Waals surface area contributed by atoms with Crippen LogP contribution >= 0.6 is 0 Å². The van der Waals surface area contributed by atoms with E-state index in [2.05, 4.69) is 5.32 Å². The molecule has 0 aromatic carbocycles. The molecule has 2 aliphatic heterocycles. The van der Waals surface area contributed by atoms with Gasteiger partial charge in [0.2, 0.25) is 0 Å². The van der Waals surface area contributed by atoms with Gasteiger partial charge in [0.15, 0.2) is 5.60 Å². The highest BCUT2D eigenvalue weighted by molar-refractivity contribution is 6.03. The van der Waals surface area contributed by atoms with Crippen LogP contribution in [0, 0.1) is 0 Å². The molecule has 0 atom stereocenters. The second-order valence-electron chi connectivity index (χ2n) is 4.99. The highest BCUT2D eigenvalue weighted by Crippen LogP contribution is 2.34. The Bertz CT molecular complexity index is 450. The number of likely N-dealkylation sites (tertiary alicyclic amines) is 1. The number of carbonyl (C=O) groups is 3. The molecule has 0 bridgehead atoms. The van der Waals surface area contributed by atoms with E-state index in [1.165, 1.54) is 4.90 Å². The molecule has 0 radical (unpaired) electrons. The Hall–Kier alpha value is -1.93. The summed E-state index contributed by atoms with van der Waals surface area (Å²) in [5, 5.41) is 2.63. The summed E-state index contributed by atoms with van der Waals surface area (Å²) in [7, 11) is 0. The number of ether oxygens (including phenoxy) is 1. The largest absolute Gasteiger partial charge is 0.432 e. The molecule has 2 saturated heterocycles. The van der Waals surface area contributed by atoms with Gasteiger partial charge in [0.05, 0.1) is 6.54 Å². The van der Waals surface area contributed by atoms with E-state index in [1.807, 2.05) is 0 Å². The van der Waals surface area contributed by atoms with Crippen molar-refractivity contribution in [3.8, 4) is 0 Å². The van der Waals surface area contributed by atoms with E-state index >= 15 is 0 Å². The summed E-state index contributed by atoms with van der Waals surface area (Å²) in [6.07, 6.45) is -3.60. The number of hydrogen-bond acceptors (Lipinski definition) is 4. The molecule has 7 nitrogen and oxygen atoms in total. The first-order chi connectivity index (χ1) is 9.89. The number of rotatable bonds is 3. The molecular formula is C12H17F2N3O4. The lowest BCUT2D eigenvalue weighted by Crippen LogP contribution is -2.53. The third kappa shape index (κ3) is 2.91. The number of piperidine rings is 1. The summed E-state index contributed by atoms with van der Waals surface area (Å²) < 4.78 is 29.8. The summed E-state index contributed by atoms with van der Waals surface area (Å²) in [4.78, 5) is 37.4. The van der Waals surface area contributed by atoms with E-state index in [0.29, 0.717) is 11.4 Å². The molecule has 4 amide bonds. The van der Waals surface area contributed by atoms with Gasteiger partial charge in [-0.2, -0.15) is 0 Å². The van der Waals surface area contributed by atoms with Crippen LogP contribution in [-0.2, 0) is 9.53 Å². The third-order valence-electron chi connectivity index (χ3n) is 3.64. The van der Waals surface area contributed by atoms with Gasteiger partial charge in [-0.3, -0.25) is 4.79 Å². The third-order valence-corrected chi connectivity index (χ3v) is 3.64. The van der Waals surface area contributed by atoms with Gasteiger partial charge in [0.1, 0.15) is 0 Å². The van der Waals surface area contributed by atoms with E-state index in [4.69, 9.17) is 4.74 Å². The van der Waals surface area contributed by atoms with Gasteiger partial charge < -0.3 is 15.0 Å². The number of carbonyl (C=O) groups excluding carboxylic acids is 3. The summed E-state index contributed by atoms with van der Waals surface area (Å²) in [6, 6.07) is -0.256. The minimum Gasteiger partial charge on any atom is -0.432 e. The van der Waals surface area contributed by atoms with Crippen molar-refractivity contribution in [2.45, 2.75) is 31.8 Å². The van der Waals surface area contributed by atoms with Gasteiger partial charge in [-0.25, -0.2) is 23.3 Å². The quantitative estimate of drug-likeness (QED) is 0.836. The number of alkyl halides is 2. The molecule has 0 unspecified atom stereocenters. The zero-order valence-corrected chi connectivity index (χ0v) is 11.6. The maximum absolute atomic E-state index is 12.4. The van der Waals surface area contributed by atoms with Gasteiger partial charge in [-0.15, -0.1) is 0 Å². The lowest BCUT2D eigenvalue weighted by molar-refractivity contribution is -0.140. The molecule has 2 fully saturated rings. The Kier molecular flexibility index (Phi) is 4.29. The minimum atomic E-state index is -2.80. The van der Waals surface area contributed by atoms with E-state index in [0.717, 1.165) is 0 Å². The predicted molar refractivity (Wildman–Crippen MR) is 66.8 cm³/mol. The summed E-state index contributed by atoms with van der Waals surface area (Å²) >= 11 is 0. The molecule has 0 aromatic rings. The zero-order valence-electron chi connectivity index (χ0n) is 11.6. The molecule has 1 spiro atoms. The van der Waals surface area contributed by atoms with Crippen LogP contribution in [0.2, 0.25) is 0 Å². The van der Waals surface area contributed by atoms with Crippen molar-refractivity contribution in [1.82, 2.24) is 15.1 Å². The lowest BCUT2D eigenvalue weighted by Gasteiger charge is -2.35. The summed E-state index contributed by atoms with van der Waals surface area (Å²) in [5.74, 6) is -0.733. The van der Waals surface area contributed by atoms with E-state index in [1.54, 1.807) is 6.92 Å². The molecule has 2 aliphatic rings. The molecule has 0 saturated carbocycles. The second kappa shape index (κ2) is 5.82. The fraction of sp³-hybridized carbons (Fsp3) is 0.750. The Morgan fingerprint density at radius 2 is 2.00 bits per heavy atom. The number of halogens is 2. The Morgan fingerprint density at radius 3 is 2.52 bits per heavy atom. The molecule has 0 aromatic heterocycles. The lowest BCUT2D eigenvalue weighted by atomic mass is 9.90. The fourth-order valence-corrected chi connectivity index (χ4v) is 2.54. The molecule has 9 heteroatoms. The first-order valence-electron chi connectivity index (χ1n) is 6.75. The smallest absolute Gasteiger partial charge is 0.417 e. The van der Waals surface area contributed by atoms with Gasteiger partial charge in [-0.1, -0.05) is 0 Å². The summed E-state index contributed by atoms with van der Waals surface area (Å²) in [6.45, 7) is 1.77. The average Bonchev–Trinajstić information content (AvgIpc) is 2.64. The molecule has 1 N–H and O–H groups in total. The van der Waals surface area contributed by atoms with Crippen LogP contribution in [0.25, 0.3) is 0 Å². The van der Waals surface area contributed by atoms with Crippen LogP contribution in [0.3, 0.4) is 0 Å². The highest BCUT2D eigenvalue weighted by Gasteiger charge is 2.55. The number of urea groups is 1. The number of nitrogens with zero attached hydrogens (tertiary/aromatic N) is 2. The van der Waals surface area contributed by atoms with E-state index in [-0.39, 0.29) is 32.0 Å². The predicted octanol–water partition coefficient (Wildman–Crippen LogP) is 0.794. The maximum atomic E-state index is 12.4. The minimum absolute atomic E-state index is 0.119. The maximum Gasteiger partial charge on any atom is 0.417 e. The van der Waals surface area contributed by atoms with Crippen LogP contribution in [0.4, 0.5) is 18.4 Å². The van der Waals surface area contributed by atoms with Crippen molar-refractivity contribution >= 4 is 18.0 Å². The zero-order chi connectivity index (χ0) is 15.6. The van der Waals surface area contributed by atoms with Crippen LogP contribution in [0.5, 0.6) is 0 Å². The van der Waals surface area contributed by atoms with Crippen LogP contribution in [0.15, 0.2) is 0 Å². The molecular weight excluding hydrogens is 288 g/mol. The monoisotopic (exact) mass is 305 g/mol. The van der Waals surface area contributed by atoms with Crippen molar-refractivity contribution in [3.05, 3.63) is 0 Å². The van der Waals surface area contributed by atoms with Gasteiger partial charge in [0, 0.05) is 32.5 Å². The number of imide groups is 1. The molecule has 21 heavy (non-hydrogen) atoms. The molecule has 2 rings (SSSR count). The average molecular weight is 305 g/mol. The van der Waals surface area contributed by atoms with Crippen molar-refractivity contribution < 1.29 is 27.9 Å². The summed E-state index contributed by atoms with van der Waals surface area (Å²) in [5.41, 5.74) is -1.39. The van der Waals surface area contributed by atoms with E-state index in [9.17, 15) is 23.2 Å². The second-order valence-corrected chi connectivity index (χ2v) is 4.99. The van der Waals surface area contributed by atoms with Crippen LogP contribution < -0.4 is 5.32 Å². The molecule has 118 valence electrons. The Labute approximate surface area is 120 Å². The van der Waals surface area contributed by atoms with Crippen molar-refractivity contribution in [2.75, 3.05) is 26.2 Å². The number of hydrogen-bond donors (Lipinski definition) is 1. The number of nitrogens with one attached hydrogen (secondary N) is 1. The van der Waals surface area contributed by atoms with Crippen LogP contribution in [-0.4, -0.2) is 66.0 Å². The van der Waals surface area contributed by atoms with Crippen molar-refractivity contribution in [3.63, 3.8) is 0 Å². The number of amides is 4. The topological polar surface area (TPSA) is 79.0 Å². The van der Waals surface area contributed by atoms with Gasteiger partial charge >= 0.3 is 12.1 Å². The Balaban J connectivity index is 2.01. The van der Waals surface area contributed by atoms with Crippen molar-refractivity contribution in [1.29, 1.82) is 0 Å².